The van der Waals surface area contributed by atoms with Gasteiger partial charge in [-0.3, -0.25) is 0 Å². The van der Waals surface area contributed by atoms with Crippen molar-refractivity contribution in [3.05, 3.63) is 58.3 Å². The molecule has 0 aliphatic heterocycles. The molecule has 3 nitrogen and oxygen atoms in total. The standard InChI is InChI=1S/C16H17BrFNO2/c1-11-2-5-14(6-3-11)21-10-13(20)9-19-12-4-7-15(17)16(18)8-12/h2-8,13,19-20H,9-10H2,1H3. The summed E-state index contributed by atoms with van der Waals surface area (Å²) in [5.74, 6) is 0.375. The molecule has 0 radical (unpaired) electrons. The van der Waals surface area contributed by atoms with Crippen LogP contribution in [0, 0.1) is 12.7 Å². The van der Waals surface area contributed by atoms with Gasteiger partial charge in [-0.2, -0.15) is 0 Å². The Morgan fingerprint density at radius 1 is 1.24 bits per heavy atom. The number of rotatable bonds is 6. The van der Waals surface area contributed by atoms with Gasteiger partial charge < -0.3 is 15.2 Å². The zero-order valence-corrected chi connectivity index (χ0v) is 13.2. The molecule has 112 valence electrons. The first-order chi connectivity index (χ1) is 10.0. The van der Waals surface area contributed by atoms with Crippen LogP contribution in [0.3, 0.4) is 0 Å². The van der Waals surface area contributed by atoms with Crippen molar-refractivity contribution in [3.63, 3.8) is 0 Å². The number of hydrogen-bond donors (Lipinski definition) is 2. The van der Waals surface area contributed by atoms with Crippen molar-refractivity contribution in [2.75, 3.05) is 18.5 Å². The highest BCUT2D eigenvalue weighted by Crippen LogP contribution is 2.19. The second-order valence-corrected chi connectivity index (χ2v) is 5.64. The van der Waals surface area contributed by atoms with Crippen LogP contribution in [0.2, 0.25) is 0 Å². The van der Waals surface area contributed by atoms with Gasteiger partial charge in [-0.1, -0.05) is 17.7 Å². The predicted molar refractivity (Wildman–Crippen MR) is 85.3 cm³/mol. The van der Waals surface area contributed by atoms with Crippen molar-refractivity contribution in [3.8, 4) is 5.75 Å². The molecule has 1 unspecified atom stereocenters. The van der Waals surface area contributed by atoms with Crippen LogP contribution in [-0.2, 0) is 0 Å². The Morgan fingerprint density at radius 3 is 2.62 bits per heavy atom. The lowest BCUT2D eigenvalue weighted by atomic mass is 10.2. The van der Waals surface area contributed by atoms with Crippen molar-refractivity contribution in [1.29, 1.82) is 0 Å². The Labute approximate surface area is 131 Å². The lowest BCUT2D eigenvalue weighted by Gasteiger charge is -2.14. The number of aliphatic hydroxyl groups is 1. The van der Waals surface area contributed by atoms with E-state index in [0.717, 1.165) is 5.56 Å². The molecule has 2 rings (SSSR count). The molecule has 5 heteroatoms. The van der Waals surface area contributed by atoms with Crippen molar-refractivity contribution < 1.29 is 14.2 Å². The van der Waals surface area contributed by atoms with E-state index < -0.39 is 6.10 Å². The molecule has 0 bridgehead atoms. The fourth-order valence-corrected chi connectivity index (χ4v) is 1.97. The van der Waals surface area contributed by atoms with E-state index in [2.05, 4.69) is 21.2 Å². The summed E-state index contributed by atoms with van der Waals surface area (Å²) < 4.78 is 19.2. The van der Waals surface area contributed by atoms with Crippen LogP contribution in [0.5, 0.6) is 5.75 Å². The minimum atomic E-state index is -0.682. The first kappa shape index (κ1) is 15.8. The van der Waals surface area contributed by atoms with Gasteiger partial charge in [0.1, 0.15) is 24.3 Å². The van der Waals surface area contributed by atoms with Crippen LogP contribution < -0.4 is 10.1 Å². The van der Waals surface area contributed by atoms with E-state index in [1.54, 1.807) is 12.1 Å². The molecule has 0 amide bonds. The molecule has 0 aliphatic carbocycles. The summed E-state index contributed by atoms with van der Waals surface area (Å²) in [6, 6.07) is 12.3. The zero-order valence-electron chi connectivity index (χ0n) is 11.6. The minimum Gasteiger partial charge on any atom is -0.491 e. The number of halogens is 2. The van der Waals surface area contributed by atoms with Crippen LogP contribution in [0.15, 0.2) is 46.9 Å². The second kappa shape index (κ2) is 7.43. The van der Waals surface area contributed by atoms with E-state index in [9.17, 15) is 9.50 Å². The molecule has 2 N–H and O–H groups in total. The van der Waals surface area contributed by atoms with Gasteiger partial charge in [0.2, 0.25) is 0 Å². The lowest BCUT2D eigenvalue weighted by molar-refractivity contribution is 0.117. The quantitative estimate of drug-likeness (QED) is 0.830. The first-order valence-electron chi connectivity index (χ1n) is 6.61. The monoisotopic (exact) mass is 353 g/mol. The van der Waals surface area contributed by atoms with Gasteiger partial charge in [0.05, 0.1) is 4.47 Å². The summed E-state index contributed by atoms with van der Waals surface area (Å²) in [6.45, 7) is 2.46. The van der Waals surface area contributed by atoms with Crippen molar-refractivity contribution >= 4 is 21.6 Å². The maximum Gasteiger partial charge on any atom is 0.139 e. The Kier molecular flexibility index (Phi) is 5.59. The van der Waals surface area contributed by atoms with Crippen molar-refractivity contribution in [2.45, 2.75) is 13.0 Å². The molecule has 0 aromatic heterocycles. The van der Waals surface area contributed by atoms with E-state index in [4.69, 9.17) is 4.74 Å². The predicted octanol–water partition coefficient (Wildman–Crippen LogP) is 3.75. The first-order valence-corrected chi connectivity index (χ1v) is 7.40. The summed E-state index contributed by atoms with van der Waals surface area (Å²) in [5.41, 5.74) is 1.77. The lowest BCUT2D eigenvalue weighted by Crippen LogP contribution is -2.26. The Bertz CT molecular complexity index is 589. The van der Waals surface area contributed by atoms with Gasteiger partial charge in [0.15, 0.2) is 0 Å². The van der Waals surface area contributed by atoms with Crippen LogP contribution >= 0.6 is 15.9 Å². The Morgan fingerprint density at radius 2 is 1.95 bits per heavy atom. The van der Waals surface area contributed by atoms with Crippen LogP contribution in [0.4, 0.5) is 10.1 Å². The van der Waals surface area contributed by atoms with E-state index in [1.807, 2.05) is 31.2 Å². The smallest absolute Gasteiger partial charge is 0.139 e. The fourth-order valence-electron chi connectivity index (χ4n) is 1.73. The van der Waals surface area contributed by atoms with Crippen LogP contribution in [0.25, 0.3) is 0 Å². The van der Waals surface area contributed by atoms with Gasteiger partial charge in [-0.25, -0.2) is 4.39 Å². The number of aryl methyl sites for hydroxylation is 1. The summed E-state index contributed by atoms with van der Waals surface area (Å²) in [7, 11) is 0. The molecule has 0 spiro atoms. The minimum absolute atomic E-state index is 0.176. The van der Waals surface area contributed by atoms with E-state index >= 15 is 0 Å². The topological polar surface area (TPSA) is 41.5 Å². The average Bonchev–Trinajstić information content (AvgIpc) is 2.48. The third-order valence-corrected chi connectivity index (χ3v) is 3.57. The molecule has 2 aromatic carbocycles. The summed E-state index contributed by atoms with van der Waals surface area (Å²) in [5, 5.41) is 12.8. The molecule has 0 saturated heterocycles. The number of benzene rings is 2. The van der Waals surface area contributed by atoms with E-state index in [-0.39, 0.29) is 19.0 Å². The molecular weight excluding hydrogens is 337 g/mol. The molecule has 0 saturated carbocycles. The Balaban J connectivity index is 1.77. The molecular formula is C16H17BrFNO2. The normalized spacial score (nSPS) is 12.0. The zero-order chi connectivity index (χ0) is 15.2. The fraction of sp³-hybridized carbons (Fsp3) is 0.250. The van der Waals surface area contributed by atoms with Gasteiger partial charge in [-0.15, -0.1) is 0 Å². The molecule has 2 aromatic rings. The van der Waals surface area contributed by atoms with Crippen molar-refractivity contribution in [2.24, 2.45) is 0 Å². The van der Waals surface area contributed by atoms with Crippen LogP contribution in [-0.4, -0.2) is 24.4 Å². The average molecular weight is 354 g/mol. The Hall–Kier alpha value is -1.59. The van der Waals surface area contributed by atoms with Gasteiger partial charge in [0, 0.05) is 12.2 Å². The van der Waals surface area contributed by atoms with E-state index in [1.165, 1.54) is 6.07 Å². The summed E-state index contributed by atoms with van der Waals surface area (Å²) in [6.07, 6.45) is -0.682. The molecule has 0 heterocycles. The molecule has 0 fully saturated rings. The maximum atomic E-state index is 13.3. The maximum absolute atomic E-state index is 13.3. The van der Waals surface area contributed by atoms with Gasteiger partial charge >= 0.3 is 0 Å². The largest absolute Gasteiger partial charge is 0.491 e. The third kappa shape index (κ3) is 5.02. The number of aliphatic hydroxyl groups excluding tert-OH is 1. The number of anilines is 1. The third-order valence-electron chi connectivity index (χ3n) is 2.92. The highest BCUT2D eigenvalue weighted by atomic mass is 79.9. The van der Waals surface area contributed by atoms with Crippen molar-refractivity contribution in [1.82, 2.24) is 0 Å². The summed E-state index contributed by atoms with van der Waals surface area (Å²) in [4.78, 5) is 0. The number of ether oxygens (including phenoxy) is 1. The van der Waals surface area contributed by atoms with Gasteiger partial charge in [-0.05, 0) is 53.2 Å². The highest BCUT2D eigenvalue weighted by molar-refractivity contribution is 9.10. The number of hydrogen-bond acceptors (Lipinski definition) is 3. The van der Waals surface area contributed by atoms with Gasteiger partial charge in [0.25, 0.3) is 0 Å². The molecule has 0 aliphatic rings. The molecule has 1 atom stereocenters. The highest BCUT2D eigenvalue weighted by Gasteiger charge is 2.06. The molecule has 21 heavy (non-hydrogen) atoms. The van der Waals surface area contributed by atoms with Crippen LogP contribution in [0.1, 0.15) is 5.56 Å². The van der Waals surface area contributed by atoms with E-state index in [0.29, 0.717) is 15.9 Å². The number of nitrogens with one attached hydrogen (secondary N) is 1. The second-order valence-electron chi connectivity index (χ2n) is 4.79. The SMILES string of the molecule is Cc1ccc(OCC(O)CNc2ccc(Br)c(F)c2)cc1. The summed E-state index contributed by atoms with van der Waals surface area (Å²) >= 11 is 3.09.